The number of hydrogen-bond donors (Lipinski definition) is 1. The lowest BCUT2D eigenvalue weighted by Gasteiger charge is -2.43. The predicted molar refractivity (Wildman–Crippen MR) is 51.0 cm³/mol. The average Bonchev–Trinajstić information content (AvgIpc) is 1.93. The first-order valence-corrected chi connectivity index (χ1v) is 5.27. The summed E-state index contributed by atoms with van der Waals surface area (Å²) in [4.78, 5) is 2.65. The van der Waals surface area contributed by atoms with Gasteiger partial charge in [-0.3, -0.25) is 0 Å². The van der Waals surface area contributed by atoms with Gasteiger partial charge in [-0.15, -0.1) is 0 Å². The third-order valence-electron chi connectivity index (χ3n) is 3.59. The number of nitrogens with zero attached hydrogens (tertiary/aromatic N) is 1. The molecule has 0 radical (unpaired) electrons. The Labute approximate surface area is 75.1 Å². The highest BCUT2D eigenvalue weighted by atomic mass is 15.2. The number of piperidine rings is 1. The predicted octanol–water partition coefficient (Wildman–Crippen LogP) is 1.21. The van der Waals surface area contributed by atoms with Crippen LogP contribution >= 0.6 is 0 Å². The fraction of sp³-hybridized carbons (Fsp3) is 1.00. The molecule has 0 spiro atoms. The van der Waals surface area contributed by atoms with Gasteiger partial charge in [-0.25, -0.2) is 0 Å². The van der Waals surface area contributed by atoms with E-state index in [-0.39, 0.29) is 0 Å². The Morgan fingerprint density at radius 3 is 2.50 bits per heavy atom. The summed E-state index contributed by atoms with van der Waals surface area (Å²) in [6.45, 7) is 4.78. The van der Waals surface area contributed by atoms with Gasteiger partial charge in [0.25, 0.3) is 0 Å². The molecule has 2 N–H and O–H groups in total. The molecule has 12 heavy (non-hydrogen) atoms. The molecule has 2 heteroatoms. The maximum Gasteiger partial charge on any atom is 0.00954 e. The van der Waals surface area contributed by atoms with E-state index in [0.29, 0.717) is 12.0 Å². The van der Waals surface area contributed by atoms with Crippen LogP contribution < -0.4 is 5.73 Å². The van der Waals surface area contributed by atoms with Crippen molar-refractivity contribution in [2.75, 3.05) is 13.1 Å². The molecule has 0 aromatic carbocycles. The van der Waals surface area contributed by atoms with Gasteiger partial charge in [-0.1, -0.05) is 13.3 Å². The Balaban J connectivity index is 1.84. The standard InChI is InChI=1S/C10H20N2/c1-8-7-12(6-5-10(8)11)9-3-2-4-9/h8-10H,2-7,11H2,1H3. The molecule has 0 bridgehead atoms. The van der Waals surface area contributed by atoms with Crippen LogP contribution in [0.2, 0.25) is 0 Å². The van der Waals surface area contributed by atoms with Gasteiger partial charge in [0.2, 0.25) is 0 Å². The third-order valence-corrected chi connectivity index (χ3v) is 3.59. The van der Waals surface area contributed by atoms with Crippen LogP contribution in [-0.2, 0) is 0 Å². The van der Waals surface area contributed by atoms with Gasteiger partial charge in [0, 0.05) is 18.6 Å². The van der Waals surface area contributed by atoms with Crippen molar-refractivity contribution in [3.05, 3.63) is 0 Å². The zero-order valence-corrected chi connectivity index (χ0v) is 8.00. The first kappa shape index (κ1) is 8.52. The summed E-state index contributed by atoms with van der Waals surface area (Å²) in [6, 6.07) is 1.38. The van der Waals surface area contributed by atoms with Crippen LogP contribution in [0.4, 0.5) is 0 Å². The summed E-state index contributed by atoms with van der Waals surface area (Å²) in [7, 11) is 0. The molecule has 2 fully saturated rings. The highest BCUT2D eigenvalue weighted by molar-refractivity contribution is 4.87. The number of nitrogens with two attached hydrogens (primary N) is 1. The smallest absolute Gasteiger partial charge is 0.00954 e. The molecule has 2 unspecified atom stereocenters. The fourth-order valence-electron chi connectivity index (χ4n) is 2.28. The number of rotatable bonds is 1. The molecule has 1 aliphatic heterocycles. The number of hydrogen-bond acceptors (Lipinski definition) is 2. The van der Waals surface area contributed by atoms with Crippen LogP contribution in [0, 0.1) is 5.92 Å². The quantitative estimate of drug-likeness (QED) is 0.637. The van der Waals surface area contributed by atoms with E-state index in [1.165, 1.54) is 38.8 Å². The van der Waals surface area contributed by atoms with Crippen molar-refractivity contribution in [2.24, 2.45) is 11.7 Å². The Hall–Kier alpha value is -0.0800. The Kier molecular flexibility index (Phi) is 2.37. The molecule has 0 aromatic heterocycles. The second kappa shape index (κ2) is 3.35. The molecule has 1 saturated carbocycles. The van der Waals surface area contributed by atoms with Crippen LogP contribution in [0.25, 0.3) is 0 Å². The monoisotopic (exact) mass is 168 g/mol. The van der Waals surface area contributed by atoms with Crippen molar-refractivity contribution in [1.82, 2.24) is 4.90 Å². The second-order valence-electron chi connectivity index (χ2n) is 4.51. The maximum atomic E-state index is 5.97. The van der Waals surface area contributed by atoms with Gasteiger partial charge in [-0.2, -0.15) is 0 Å². The van der Waals surface area contributed by atoms with E-state index < -0.39 is 0 Å². The van der Waals surface area contributed by atoms with Crippen molar-refractivity contribution in [3.63, 3.8) is 0 Å². The maximum absolute atomic E-state index is 5.97. The largest absolute Gasteiger partial charge is 0.327 e. The molecule has 1 aliphatic carbocycles. The van der Waals surface area contributed by atoms with Crippen LogP contribution in [0.15, 0.2) is 0 Å². The zero-order chi connectivity index (χ0) is 8.55. The molecule has 0 amide bonds. The average molecular weight is 168 g/mol. The Morgan fingerprint density at radius 2 is 2.00 bits per heavy atom. The molecular formula is C10H20N2. The fourth-order valence-corrected chi connectivity index (χ4v) is 2.28. The number of likely N-dealkylation sites (tertiary alicyclic amines) is 1. The minimum atomic E-state index is 0.460. The Morgan fingerprint density at radius 1 is 1.25 bits per heavy atom. The van der Waals surface area contributed by atoms with Crippen LogP contribution in [0.3, 0.4) is 0 Å². The lowest BCUT2D eigenvalue weighted by Crippen LogP contribution is -2.51. The lowest BCUT2D eigenvalue weighted by molar-refractivity contribution is 0.0725. The highest BCUT2D eigenvalue weighted by Gasteiger charge is 2.30. The van der Waals surface area contributed by atoms with Crippen molar-refractivity contribution >= 4 is 0 Å². The molecule has 2 rings (SSSR count). The van der Waals surface area contributed by atoms with Gasteiger partial charge in [0.1, 0.15) is 0 Å². The molecular weight excluding hydrogens is 148 g/mol. The van der Waals surface area contributed by atoms with Crippen LogP contribution in [-0.4, -0.2) is 30.1 Å². The van der Waals surface area contributed by atoms with E-state index in [1.54, 1.807) is 0 Å². The summed E-state index contributed by atoms with van der Waals surface area (Å²) >= 11 is 0. The van der Waals surface area contributed by atoms with E-state index in [4.69, 9.17) is 5.73 Å². The van der Waals surface area contributed by atoms with Gasteiger partial charge < -0.3 is 10.6 Å². The molecule has 2 aliphatic rings. The third kappa shape index (κ3) is 1.50. The topological polar surface area (TPSA) is 29.3 Å². The van der Waals surface area contributed by atoms with Crippen LogP contribution in [0.1, 0.15) is 32.6 Å². The summed E-state index contributed by atoms with van der Waals surface area (Å²) in [5.41, 5.74) is 5.97. The van der Waals surface area contributed by atoms with Crippen molar-refractivity contribution in [2.45, 2.75) is 44.7 Å². The van der Waals surface area contributed by atoms with Gasteiger partial charge in [-0.05, 0) is 31.7 Å². The summed E-state index contributed by atoms with van der Waals surface area (Å²) in [5, 5.41) is 0. The summed E-state index contributed by atoms with van der Waals surface area (Å²) in [6.07, 6.45) is 5.52. The lowest BCUT2D eigenvalue weighted by atomic mass is 9.87. The van der Waals surface area contributed by atoms with E-state index in [1.807, 2.05) is 0 Å². The van der Waals surface area contributed by atoms with Crippen LogP contribution in [0.5, 0.6) is 0 Å². The van der Waals surface area contributed by atoms with Crippen molar-refractivity contribution in [3.8, 4) is 0 Å². The Bertz CT molecular complexity index is 154. The summed E-state index contributed by atoms with van der Waals surface area (Å²) < 4.78 is 0. The normalized spacial score (nSPS) is 39.5. The van der Waals surface area contributed by atoms with E-state index >= 15 is 0 Å². The van der Waals surface area contributed by atoms with Gasteiger partial charge in [0.05, 0.1) is 0 Å². The van der Waals surface area contributed by atoms with Crippen molar-refractivity contribution < 1.29 is 0 Å². The van der Waals surface area contributed by atoms with Gasteiger partial charge >= 0.3 is 0 Å². The highest BCUT2D eigenvalue weighted by Crippen LogP contribution is 2.28. The molecule has 2 atom stereocenters. The van der Waals surface area contributed by atoms with Gasteiger partial charge in [0.15, 0.2) is 0 Å². The second-order valence-corrected chi connectivity index (χ2v) is 4.51. The zero-order valence-electron chi connectivity index (χ0n) is 8.00. The minimum Gasteiger partial charge on any atom is -0.327 e. The SMILES string of the molecule is CC1CN(C2CCC2)CCC1N. The minimum absolute atomic E-state index is 0.460. The molecule has 1 heterocycles. The first-order chi connectivity index (χ1) is 5.77. The molecule has 70 valence electrons. The van der Waals surface area contributed by atoms with Crippen molar-refractivity contribution in [1.29, 1.82) is 0 Å². The van der Waals surface area contributed by atoms with E-state index in [2.05, 4.69) is 11.8 Å². The first-order valence-electron chi connectivity index (χ1n) is 5.27. The molecule has 1 saturated heterocycles. The molecule has 0 aromatic rings. The van der Waals surface area contributed by atoms with E-state index in [0.717, 1.165) is 6.04 Å². The van der Waals surface area contributed by atoms with E-state index in [9.17, 15) is 0 Å². The summed E-state index contributed by atoms with van der Waals surface area (Å²) in [5.74, 6) is 0.708. The molecule has 2 nitrogen and oxygen atoms in total.